The van der Waals surface area contributed by atoms with Crippen molar-refractivity contribution in [3.63, 3.8) is 0 Å². The first-order valence-electron chi connectivity index (χ1n) is 6.15. The second kappa shape index (κ2) is 5.21. The fraction of sp³-hybridized carbons (Fsp3) is 0.818. The van der Waals surface area contributed by atoms with E-state index in [0.29, 0.717) is 26.3 Å². The van der Waals surface area contributed by atoms with Gasteiger partial charge < -0.3 is 15.2 Å². The molecule has 2 fully saturated rings. The van der Waals surface area contributed by atoms with Crippen molar-refractivity contribution >= 4 is 11.9 Å². The summed E-state index contributed by atoms with van der Waals surface area (Å²) in [6, 6.07) is -1.20. The maximum absolute atomic E-state index is 11.6. The lowest BCUT2D eigenvalue weighted by atomic mass is 10.0. The Kier molecular flexibility index (Phi) is 3.84. The minimum atomic E-state index is -0.817. The Labute approximate surface area is 106 Å². The van der Waals surface area contributed by atoms with E-state index in [9.17, 15) is 9.59 Å². The van der Waals surface area contributed by atoms with Gasteiger partial charge in [-0.15, -0.1) is 0 Å². The SMILES string of the molecule is CC(C(=O)NC(N)=O)N1CCC2(CC1)OCCO2. The molecule has 0 radical (unpaired) electrons. The van der Waals surface area contributed by atoms with Crippen LogP contribution in [0.5, 0.6) is 0 Å². The number of imide groups is 1. The smallest absolute Gasteiger partial charge is 0.318 e. The largest absolute Gasteiger partial charge is 0.351 e. The predicted octanol–water partition coefficient (Wildman–Crippen LogP) is -0.591. The lowest BCUT2D eigenvalue weighted by molar-refractivity contribution is -0.188. The number of carbonyl (C=O) groups excluding carboxylic acids is 2. The first-order chi connectivity index (χ1) is 8.52. The van der Waals surface area contributed by atoms with Gasteiger partial charge in [-0.05, 0) is 6.92 Å². The second-order valence-electron chi connectivity index (χ2n) is 4.67. The highest BCUT2D eigenvalue weighted by Crippen LogP contribution is 2.31. The second-order valence-corrected chi connectivity index (χ2v) is 4.67. The first-order valence-corrected chi connectivity index (χ1v) is 6.15. The molecule has 0 aromatic rings. The van der Waals surface area contributed by atoms with Gasteiger partial charge in [-0.3, -0.25) is 15.0 Å². The number of carbonyl (C=O) groups is 2. The highest BCUT2D eigenvalue weighted by molar-refractivity contribution is 5.96. The number of likely N-dealkylation sites (tertiary alicyclic amines) is 1. The summed E-state index contributed by atoms with van der Waals surface area (Å²) < 4.78 is 11.2. The average Bonchev–Trinajstić information content (AvgIpc) is 2.77. The molecule has 2 aliphatic heterocycles. The number of amides is 3. The van der Waals surface area contributed by atoms with Gasteiger partial charge in [0, 0.05) is 25.9 Å². The molecule has 2 rings (SSSR count). The molecule has 7 heteroatoms. The van der Waals surface area contributed by atoms with Gasteiger partial charge in [0.1, 0.15) is 0 Å². The molecule has 0 aliphatic carbocycles. The molecule has 7 nitrogen and oxygen atoms in total. The monoisotopic (exact) mass is 257 g/mol. The third-order valence-corrected chi connectivity index (χ3v) is 3.55. The summed E-state index contributed by atoms with van der Waals surface area (Å²) in [4.78, 5) is 24.3. The number of nitrogens with zero attached hydrogens (tertiary/aromatic N) is 1. The molecule has 2 saturated heterocycles. The van der Waals surface area contributed by atoms with Crippen LogP contribution in [0, 0.1) is 0 Å². The highest BCUT2D eigenvalue weighted by atomic mass is 16.7. The molecular weight excluding hydrogens is 238 g/mol. The van der Waals surface area contributed by atoms with Crippen LogP contribution in [0.2, 0.25) is 0 Å². The first kappa shape index (κ1) is 13.3. The van der Waals surface area contributed by atoms with Gasteiger partial charge in [0.05, 0.1) is 19.3 Å². The van der Waals surface area contributed by atoms with E-state index in [1.165, 1.54) is 0 Å². The highest BCUT2D eigenvalue weighted by Gasteiger charge is 2.41. The standard InChI is InChI=1S/C11H19N3O4/c1-8(9(15)13-10(12)16)14-4-2-11(3-5-14)17-6-7-18-11/h8H,2-7H2,1H3,(H3,12,13,15,16). The Hall–Kier alpha value is -1.18. The summed E-state index contributed by atoms with van der Waals surface area (Å²) in [6.07, 6.45) is 1.47. The van der Waals surface area contributed by atoms with Gasteiger partial charge in [0.2, 0.25) is 5.91 Å². The van der Waals surface area contributed by atoms with Gasteiger partial charge in [-0.2, -0.15) is 0 Å². The van der Waals surface area contributed by atoms with Crippen LogP contribution in [0.1, 0.15) is 19.8 Å². The molecule has 0 saturated carbocycles. The van der Waals surface area contributed by atoms with E-state index < -0.39 is 11.8 Å². The van der Waals surface area contributed by atoms with E-state index in [-0.39, 0.29) is 11.9 Å². The third kappa shape index (κ3) is 2.80. The zero-order chi connectivity index (χ0) is 13.2. The molecule has 0 bridgehead atoms. The van der Waals surface area contributed by atoms with Gasteiger partial charge in [0.25, 0.3) is 0 Å². The molecule has 2 heterocycles. The maximum atomic E-state index is 11.6. The maximum Gasteiger partial charge on any atom is 0.318 e. The van der Waals surface area contributed by atoms with Crippen LogP contribution in [0.15, 0.2) is 0 Å². The zero-order valence-corrected chi connectivity index (χ0v) is 10.5. The van der Waals surface area contributed by atoms with Crippen LogP contribution in [-0.4, -0.2) is 55.0 Å². The Balaban J connectivity index is 1.85. The van der Waals surface area contributed by atoms with Crippen molar-refractivity contribution in [1.29, 1.82) is 0 Å². The van der Waals surface area contributed by atoms with Crippen LogP contribution in [0.25, 0.3) is 0 Å². The molecule has 3 N–H and O–H groups in total. The summed E-state index contributed by atoms with van der Waals surface area (Å²) in [7, 11) is 0. The number of piperidine rings is 1. The van der Waals surface area contributed by atoms with Gasteiger partial charge >= 0.3 is 6.03 Å². The van der Waals surface area contributed by atoms with Crippen molar-refractivity contribution in [2.75, 3.05) is 26.3 Å². The minimum absolute atomic E-state index is 0.369. The molecule has 3 amide bonds. The Morgan fingerprint density at radius 3 is 2.33 bits per heavy atom. The number of primary amides is 1. The van der Waals surface area contributed by atoms with Crippen molar-refractivity contribution in [3.8, 4) is 0 Å². The summed E-state index contributed by atoms with van der Waals surface area (Å²) in [5.41, 5.74) is 4.93. The number of urea groups is 1. The summed E-state index contributed by atoms with van der Waals surface area (Å²) >= 11 is 0. The third-order valence-electron chi connectivity index (χ3n) is 3.55. The van der Waals surface area contributed by atoms with Crippen LogP contribution in [-0.2, 0) is 14.3 Å². The molecular formula is C11H19N3O4. The van der Waals surface area contributed by atoms with Gasteiger partial charge in [0.15, 0.2) is 5.79 Å². The fourth-order valence-electron chi connectivity index (χ4n) is 2.43. The van der Waals surface area contributed by atoms with Crippen molar-refractivity contribution < 1.29 is 19.1 Å². The molecule has 0 aromatic carbocycles. The van der Waals surface area contributed by atoms with E-state index in [1.807, 2.05) is 4.90 Å². The van der Waals surface area contributed by atoms with E-state index in [2.05, 4.69) is 5.32 Å². The molecule has 1 unspecified atom stereocenters. The molecule has 1 spiro atoms. The average molecular weight is 257 g/mol. The van der Waals surface area contributed by atoms with E-state index in [1.54, 1.807) is 6.92 Å². The quantitative estimate of drug-likeness (QED) is 0.689. The predicted molar refractivity (Wildman–Crippen MR) is 62.6 cm³/mol. The summed E-state index contributed by atoms with van der Waals surface area (Å²) in [6.45, 7) is 4.43. The Morgan fingerprint density at radius 2 is 1.83 bits per heavy atom. The number of hydrogen-bond acceptors (Lipinski definition) is 5. The Bertz CT molecular complexity index is 331. The number of hydrogen-bond donors (Lipinski definition) is 2. The molecule has 1 atom stereocenters. The van der Waals surface area contributed by atoms with Crippen molar-refractivity contribution in [2.45, 2.75) is 31.6 Å². The number of nitrogens with two attached hydrogens (primary N) is 1. The van der Waals surface area contributed by atoms with Gasteiger partial charge in [-0.25, -0.2) is 4.79 Å². The fourth-order valence-corrected chi connectivity index (χ4v) is 2.43. The normalized spacial score (nSPS) is 24.9. The number of rotatable bonds is 2. The number of ether oxygens (including phenoxy) is 2. The van der Waals surface area contributed by atoms with Crippen molar-refractivity contribution in [2.24, 2.45) is 5.73 Å². The lowest BCUT2D eigenvalue weighted by Gasteiger charge is -2.39. The van der Waals surface area contributed by atoms with Crippen LogP contribution < -0.4 is 11.1 Å². The molecule has 102 valence electrons. The minimum Gasteiger partial charge on any atom is -0.351 e. The topological polar surface area (TPSA) is 93.9 Å². The van der Waals surface area contributed by atoms with Crippen molar-refractivity contribution in [3.05, 3.63) is 0 Å². The van der Waals surface area contributed by atoms with Crippen LogP contribution in [0.3, 0.4) is 0 Å². The van der Waals surface area contributed by atoms with E-state index in [4.69, 9.17) is 15.2 Å². The van der Waals surface area contributed by atoms with E-state index in [0.717, 1.165) is 12.8 Å². The summed E-state index contributed by atoms with van der Waals surface area (Å²) in [5.74, 6) is -0.817. The van der Waals surface area contributed by atoms with Crippen LogP contribution >= 0.6 is 0 Å². The zero-order valence-electron chi connectivity index (χ0n) is 10.5. The number of nitrogens with one attached hydrogen (secondary N) is 1. The van der Waals surface area contributed by atoms with Crippen LogP contribution in [0.4, 0.5) is 4.79 Å². The van der Waals surface area contributed by atoms with Crippen molar-refractivity contribution in [1.82, 2.24) is 10.2 Å². The van der Waals surface area contributed by atoms with Gasteiger partial charge in [-0.1, -0.05) is 0 Å². The summed E-state index contributed by atoms with van der Waals surface area (Å²) in [5, 5.41) is 2.10. The molecule has 18 heavy (non-hydrogen) atoms. The Morgan fingerprint density at radius 1 is 1.28 bits per heavy atom. The van der Waals surface area contributed by atoms with E-state index >= 15 is 0 Å². The molecule has 2 aliphatic rings. The molecule has 0 aromatic heterocycles. The lowest BCUT2D eigenvalue weighted by Crippen LogP contribution is -2.53.